The summed E-state index contributed by atoms with van der Waals surface area (Å²) in [6, 6.07) is 0.722. The van der Waals surface area contributed by atoms with Crippen LogP contribution in [0.3, 0.4) is 0 Å². The molecule has 0 saturated heterocycles. The molecular formula is C21H25NO7. The van der Waals surface area contributed by atoms with Gasteiger partial charge in [0.25, 0.3) is 0 Å². The number of methoxy groups -OCH3 is 1. The second-order valence-electron chi connectivity index (χ2n) is 7.92. The number of hydrogen-bond acceptors (Lipinski definition) is 6. The van der Waals surface area contributed by atoms with E-state index in [4.69, 9.17) is 19.0 Å². The lowest BCUT2D eigenvalue weighted by atomic mass is 9.91. The van der Waals surface area contributed by atoms with Gasteiger partial charge in [-0.2, -0.15) is 0 Å². The van der Waals surface area contributed by atoms with Crippen molar-refractivity contribution in [2.75, 3.05) is 7.11 Å². The third kappa shape index (κ3) is 3.92. The van der Waals surface area contributed by atoms with Crippen LogP contribution >= 0.6 is 0 Å². The van der Waals surface area contributed by atoms with Crippen molar-refractivity contribution in [1.29, 1.82) is 0 Å². The van der Waals surface area contributed by atoms with E-state index in [1.54, 1.807) is 13.0 Å². The maximum absolute atomic E-state index is 12.7. The highest BCUT2D eigenvalue weighted by atomic mass is 16.5. The van der Waals surface area contributed by atoms with Crippen LogP contribution < -0.4 is 20.4 Å². The molecule has 156 valence electrons. The molecule has 1 amide bonds. The van der Waals surface area contributed by atoms with Crippen molar-refractivity contribution in [3.63, 3.8) is 0 Å². The summed E-state index contributed by atoms with van der Waals surface area (Å²) in [7, 11) is 1.51. The van der Waals surface area contributed by atoms with E-state index in [9.17, 15) is 14.4 Å². The number of carboxylic acids is 1. The van der Waals surface area contributed by atoms with Crippen molar-refractivity contribution in [1.82, 2.24) is 5.32 Å². The largest absolute Gasteiger partial charge is 0.496 e. The van der Waals surface area contributed by atoms with Crippen molar-refractivity contribution in [3.8, 4) is 11.5 Å². The maximum Gasteiger partial charge on any atom is 0.340 e. The number of amides is 1. The summed E-state index contributed by atoms with van der Waals surface area (Å²) in [4.78, 5) is 35.8. The number of carbonyl (C=O) groups is 2. The number of hydrogen-bond donors (Lipinski definition) is 2. The molecule has 0 bridgehead atoms. The minimum atomic E-state index is -1.16. The molecule has 0 unspecified atom stereocenters. The third-order valence-electron chi connectivity index (χ3n) is 5.24. The summed E-state index contributed by atoms with van der Waals surface area (Å²) < 4.78 is 17.2. The highest BCUT2D eigenvalue weighted by Gasteiger charge is 2.31. The van der Waals surface area contributed by atoms with Crippen LogP contribution in [0, 0.1) is 6.92 Å². The number of ether oxygens (including phenoxy) is 2. The van der Waals surface area contributed by atoms with E-state index < -0.39 is 23.5 Å². The zero-order chi connectivity index (χ0) is 21.5. The lowest BCUT2D eigenvalue weighted by molar-refractivity contribution is -0.141. The molecule has 1 aliphatic heterocycles. The Bertz CT molecular complexity index is 1050. The first kappa shape index (κ1) is 20.7. The van der Waals surface area contributed by atoms with Crippen molar-refractivity contribution >= 4 is 22.8 Å². The Hall–Kier alpha value is -3.03. The summed E-state index contributed by atoms with van der Waals surface area (Å²) in [5.74, 6) is -0.624. The summed E-state index contributed by atoms with van der Waals surface area (Å²) in [5, 5.41) is 11.9. The summed E-state index contributed by atoms with van der Waals surface area (Å²) >= 11 is 0. The molecule has 0 aliphatic carbocycles. The van der Waals surface area contributed by atoms with Crippen LogP contribution in [0.1, 0.15) is 43.9 Å². The first-order valence-electron chi connectivity index (χ1n) is 9.41. The summed E-state index contributed by atoms with van der Waals surface area (Å²) in [5.41, 5.74) is 0.978. The molecule has 2 heterocycles. The van der Waals surface area contributed by atoms with Gasteiger partial charge in [-0.3, -0.25) is 9.59 Å². The van der Waals surface area contributed by atoms with Crippen LogP contribution in [0.5, 0.6) is 11.5 Å². The van der Waals surface area contributed by atoms with E-state index in [2.05, 4.69) is 5.32 Å². The third-order valence-corrected chi connectivity index (χ3v) is 5.24. The van der Waals surface area contributed by atoms with Gasteiger partial charge in [0.2, 0.25) is 5.91 Å². The normalized spacial score (nSPS) is 15.9. The molecule has 0 spiro atoms. The van der Waals surface area contributed by atoms with Gasteiger partial charge in [-0.05, 0) is 46.1 Å². The molecular weight excluding hydrogens is 378 g/mol. The average Bonchev–Trinajstić information content (AvgIpc) is 2.62. The number of nitrogens with one attached hydrogen (secondary N) is 1. The molecule has 8 heteroatoms. The maximum atomic E-state index is 12.7. The Kier molecular flexibility index (Phi) is 5.30. The minimum Gasteiger partial charge on any atom is -0.496 e. The summed E-state index contributed by atoms with van der Waals surface area (Å²) in [6.07, 6.45) is 1.16. The van der Waals surface area contributed by atoms with Crippen molar-refractivity contribution in [3.05, 3.63) is 33.2 Å². The molecule has 1 aromatic carbocycles. The van der Waals surface area contributed by atoms with E-state index in [0.29, 0.717) is 34.5 Å². The van der Waals surface area contributed by atoms with Crippen LogP contribution in [0.15, 0.2) is 15.3 Å². The Labute approximate surface area is 167 Å². The van der Waals surface area contributed by atoms with Gasteiger partial charge in [0.05, 0.1) is 24.5 Å². The van der Waals surface area contributed by atoms with Gasteiger partial charge in [0.1, 0.15) is 28.7 Å². The first-order valence-corrected chi connectivity index (χ1v) is 9.41. The smallest absolute Gasteiger partial charge is 0.340 e. The molecule has 0 fully saturated rings. The number of fused-ring (bicyclic) bond motifs is 3. The van der Waals surface area contributed by atoms with Crippen molar-refractivity contribution in [2.45, 2.75) is 58.6 Å². The SMILES string of the molecule is COc1cc2c(c3oc(=O)c(CC(=O)N[C@H](C)C(=O)O)c(C)c13)CCC(C)(C)O2. The van der Waals surface area contributed by atoms with Gasteiger partial charge in [-0.25, -0.2) is 4.79 Å². The molecule has 3 rings (SSSR count). The average molecular weight is 403 g/mol. The van der Waals surface area contributed by atoms with Gasteiger partial charge in [0.15, 0.2) is 0 Å². The quantitative estimate of drug-likeness (QED) is 0.736. The van der Waals surface area contributed by atoms with E-state index in [1.807, 2.05) is 13.8 Å². The van der Waals surface area contributed by atoms with Crippen molar-refractivity contribution < 1.29 is 28.6 Å². The lowest BCUT2D eigenvalue weighted by Gasteiger charge is -2.33. The fourth-order valence-corrected chi connectivity index (χ4v) is 3.56. The molecule has 8 nitrogen and oxygen atoms in total. The molecule has 2 aromatic rings. The topological polar surface area (TPSA) is 115 Å². The van der Waals surface area contributed by atoms with Gasteiger partial charge in [0, 0.05) is 11.6 Å². The van der Waals surface area contributed by atoms with Crippen LogP contribution in [-0.4, -0.2) is 35.7 Å². The molecule has 2 N–H and O–H groups in total. The highest BCUT2D eigenvalue weighted by molar-refractivity contribution is 5.93. The fraction of sp³-hybridized carbons (Fsp3) is 0.476. The molecule has 1 aliphatic rings. The van der Waals surface area contributed by atoms with Gasteiger partial charge in [-0.1, -0.05) is 0 Å². The van der Waals surface area contributed by atoms with E-state index in [1.165, 1.54) is 14.0 Å². The first-order chi connectivity index (χ1) is 13.5. The Balaban J connectivity index is 2.10. The zero-order valence-corrected chi connectivity index (χ0v) is 17.2. The number of rotatable bonds is 5. The predicted octanol–water partition coefficient (Wildman–Crippen LogP) is 2.35. The molecule has 0 radical (unpaired) electrons. The fourth-order valence-electron chi connectivity index (χ4n) is 3.56. The standard InChI is InChI=1S/C21H25NO7/c1-10-13(8-16(23)22-11(2)19(24)25)20(26)28-18-12-6-7-21(3,4)29-14(12)9-15(27-5)17(10)18/h9,11H,6-8H2,1-5H3,(H,22,23)(H,24,25)/t11-/m1/s1. The predicted molar refractivity (Wildman–Crippen MR) is 106 cm³/mol. The molecule has 0 saturated carbocycles. The van der Waals surface area contributed by atoms with Crippen LogP contribution in [-0.2, 0) is 22.4 Å². The number of aryl methyl sites for hydroxylation is 2. The van der Waals surface area contributed by atoms with E-state index in [-0.39, 0.29) is 17.6 Å². The minimum absolute atomic E-state index is 0.169. The number of carbonyl (C=O) groups excluding carboxylic acids is 1. The van der Waals surface area contributed by atoms with Crippen LogP contribution in [0.2, 0.25) is 0 Å². The van der Waals surface area contributed by atoms with Crippen LogP contribution in [0.25, 0.3) is 11.0 Å². The lowest BCUT2D eigenvalue weighted by Crippen LogP contribution is -2.39. The van der Waals surface area contributed by atoms with E-state index in [0.717, 1.165) is 12.0 Å². The van der Waals surface area contributed by atoms with Crippen LogP contribution in [0.4, 0.5) is 0 Å². The van der Waals surface area contributed by atoms with Gasteiger partial charge < -0.3 is 24.3 Å². The Morgan fingerprint density at radius 2 is 2.07 bits per heavy atom. The highest BCUT2D eigenvalue weighted by Crippen LogP contribution is 2.43. The van der Waals surface area contributed by atoms with Gasteiger partial charge >= 0.3 is 11.6 Å². The molecule has 1 atom stereocenters. The second kappa shape index (κ2) is 7.42. The monoisotopic (exact) mass is 403 g/mol. The van der Waals surface area contributed by atoms with Gasteiger partial charge in [-0.15, -0.1) is 0 Å². The Morgan fingerprint density at radius 3 is 2.69 bits per heavy atom. The Morgan fingerprint density at radius 1 is 1.38 bits per heavy atom. The molecule has 29 heavy (non-hydrogen) atoms. The summed E-state index contributed by atoms with van der Waals surface area (Å²) in [6.45, 7) is 7.07. The van der Waals surface area contributed by atoms with Crippen molar-refractivity contribution in [2.24, 2.45) is 0 Å². The molecule has 1 aromatic heterocycles. The number of carboxylic acid groups (broad SMARTS) is 1. The second-order valence-corrected chi connectivity index (χ2v) is 7.92. The zero-order valence-electron chi connectivity index (χ0n) is 17.2. The van der Waals surface area contributed by atoms with E-state index >= 15 is 0 Å². The number of benzene rings is 1. The number of aliphatic carboxylic acids is 1.